The Balaban J connectivity index is 1.88. The molecule has 0 saturated heterocycles. The van der Waals surface area contributed by atoms with Gasteiger partial charge in [-0.1, -0.05) is 12.1 Å². The molecular formula is C16H19NO3. The fourth-order valence-electron chi connectivity index (χ4n) is 2.53. The second-order valence-electron chi connectivity index (χ2n) is 5.64. The maximum atomic E-state index is 6.00. The number of benzene rings is 1. The largest absolute Gasteiger partial charge is 0.483 e. The van der Waals surface area contributed by atoms with Crippen LogP contribution in [0.4, 0.5) is 0 Å². The molecule has 1 unspecified atom stereocenters. The molecule has 0 aliphatic carbocycles. The van der Waals surface area contributed by atoms with Crippen molar-refractivity contribution in [3.63, 3.8) is 0 Å². The van der Waals surface area contributed by atoms with E-state index in [2.05, 4.69) is 19.9 Å². The molecular weight excluding hydrogens is 254 g/mol. The average molecular weight is 273 g/mol. The molecule has 0 amide bonds. The minimum atomic E-state index is -0.302. The minimum Gasteiger partial charge on any atom is -0.483 e. The zero-order valence-corrected chi connectivity index (χ0v) is 11.8. The van der Waals surface area contributed by atoms with E-state index in [1.165, 1.54) is 5.56 Å². The molecule has 1 aromatic carbocycles. The number of fused-ring (bicyclic) bond motifs is 1. The SMILES string of the molecule is CC1(C)Cc2cccc(OC(CN)c3ccco3)c2O1. The van der Waals surface area contributed by atoms with E-state index in [9.17, 15) is 0 Å². The Hall–Kier alpha value is -1.94. The molecule has 0 bridgehead atoms. The van der Waals surface area contributed by atoms with E-state index in [1.807, 2.05) is 24.3 Å². The van der Waals surface area contributed by atoms with Gasteiger partial charge in [0.25, 0.3) is 0 Å². The molecule has 2 aromatic rings. The summed E-state index contributed by atoms with van der Waals surface area (Å²) in [5.41, 5.74) is 6.76. The third kappa shape index (κ3) is 2.39. The van der Waals surface area contributed by atoms with Crippen LogP contribution in [-0.2, 0) is 6.42 Å². The van der Waals surface area contributed by atoms with Crippen molar-refractivity contribution in [3.05, 3.63) is 47.9 Å². The van der Waals surface area contributed by atoms with Gasteiger partial charge in [-0.25, -0.2) is 0 Å². The number of rotatable bonds is 4. The first-order valence-corrected chi connectivity index (χ1v) is 6.80. The summed E-state index contributed by atoms with van der Waals surface area (Å²) in [6.45, 7) is 4.49. The molecule has 0 radical (unpaired) electrons. The normalized spacial score (nSPS) is 17.4. The van der Waals surface area contributed by atoms with Gasteiger partial charge in [0.05, 0.1) is 6.26 Å². The van der Waals surface area contributed by atoms with Crippen molar-refractivity contribution in [1.82, 2.24) is 0 Å². The van der Waals surface area contributed by atoms with Gasteiger partial charge < -0.3 is 19.6 Å². The Bertz CT molecular complexity index is 590. The highest BCUT2D eigenvalue weighted by Crippen LogP contribution is 2.43. The monoisotopic (exact) mass is 273 g/mol. The van der Waals surface area contributed by atoms with Gasteiger partial charge in [0.2, 0.25) is 0 Å². The Labute approximate surface area is 118 Å². The molecule has 0 fully saturated rings. The first-order valence-electron chi connectivity index (χ1n) is 6.80. The van der Waals surface area contributed by atoms with Crippen LogP contribution in [0.2, 0.25) is 0 Å². The number of hydrogen-bond donors (Lipinski definition) is 1. The Kier molecular flexibility index (Phi) is 3.18. The highest BCUT2D eigenvalue weighted by Gasteiger charge is 2.33. The lowest BCUT2D eigenvalue weighted by Gasteiger charge is -2.20. The molecule has 0 spiro atoms. The highest BCUT2D eigenvalue weighted by atomic mass is 16.5. The molecule has 1 aliphatic heterocycles. The van der Waals surface area contributed by atoms with Crippen molar-refractivity contribution >= 4 is 0 Å². The number of nitrogens with two attached hydrogens (primary N) is 1. The van der Waals surface area contributed by atoms with Crippen LogP contribution in [0.3, 0.4) is 0 Å². The molecule has 20 heavy (non-hydrogen) atoms. The van der Waals surface area contributed by atoms with Gasteiger partial charge in [-0.15, -0.1) is 0 Å². The fourth-order valence-corrected chi connectivity index (χ4v) is 2.53. The summed E-state index contributed by atoms with van der Waals surface area (Å²) in [6, 6.07) is 9.66. The number of para-hydroxylation sites is 1. The molecule has 2 heterocycles. The van der Waals surface area contributed by atoms with E-state index in [4.69, 9.17) is 19.6 Å². The summed E-state index contributed by atoms with van der Waals surface area (Å²) in [4.78, 5) is 0. The van der Waals surface area contributed by atoms with E-state index >= 15 is 0 Å². The van der Waals surface area contributed by atoms with Crippen molar-refractivity contribution in [2.45, 2.75) is 32.0 Å². The molecule has 1 atom stereocenters. The maximum absolute atomic E-state index is 6.00. The summed E-state index contributed by atoms with van der Waals surface area (Å²) >= 11 is 0. The van der Waals surface area contributed by atoms with E-state index in [-0.39, 0.29) is 11.7 Å². The summed E-state index contributed by atoms with van der Waals surface area (Å²) in [5, 5.41) is 0. The van der Waals surface area contributed by atoms with Crippen LogP contribution in [0.1, 0.15) is 31.3 Å². The quantitative estimate of drug-likeness (QED) is 0.930. The van der Waals surface area contributed by atoms with Gasteiger partial charge in [0.1, 0.15) is 11.4 Å². The zero-order valence-electron chi connectivity index (χ0n) is 11.8. The van der Waals surface area contributed by atoms with Gasteiger partial charge in [0, 0.05) is 18.5 Å². The van der Waals surface area contributed by atoms with E-state index in [0.717, 1.165) is 23.7 Å². The lowest BCUT2D eigenvalue weighted by molar-refractivity contribution is 0.122. The lowest BCUT2D eigenvalue weighted by atomic mass is 10.0. The van der Waals surface area contributed by atoms with E-state index < -0.39 is 0 Å². The van der Waals surface area contributed by atoms with Gasteiger partial charge in [-0.05, 0) is 32.0 Å². The van der Waals surface area contributed by atoms with Gasteiger partial charge in [-0.2, -0.15) is 0 Å². The second-order valence-corrected chi connectivity index (χ2v) is 5.64. The van der Waals surface area contributed by atoms with Crippen LogP contribution >= 0.6 is 0 Å². The summed E-state index contributed by atoms with van der Waals surface area (Å²) < 4.78 is 17.4. The predicted molar refractivity (Wildman–Crippen MR) is 76.0 cm³/mol. The fraction of sp³-hybridized carbons (Fsp3) is 0.375. The average Bonchev–Trinajstić information content (AvgIpc) is 3.01. The van der Waals surface area contributed by atoms with Crippen LogP contribution in [-0.4, -0.2) is 12.1 Å². The smallest absolute Gasteiger partial charge is 0.168 e. The van der Waals surface area contributed by atoms with E-state index in [1.54, 1.807) is 6.26 Å². The maximum Gasteiger partial charge on any atom is 0.168 e. The molecule has 4 heteroatoms. The molecule has 0 saturated carbocycles. The molecule has 106 valence electrons. The van der Waals surface area contributed by atoms with Crippen molar-refractivity contribution < 1.29 is 13.9 Å². The van der Waals surface area contributed by atoms with Gasteiger partial charge >= 0.3 is 0 Å². The number of furan rings is 1. The molecule has 1 aromatic heterocycles. The predicted octanol–water partition coefficient (Wildman–Crippen LogP) is 3.07. The van der Waals surface area contributed by atoms with Gasteiger partial charge in [0.15, 0.2) is 17.6 Å². The summed E-state index contributed by atoms with van der Waals surface area (Å²) in [6.07, 6.45) is 2.20. The molecule has 1 aliphatic rings. The molecule has 4 nitrogen and oxygen atoms in total. The van der Waals surface area contributed by atoms with Crippen molar-refractivity contribution in [3.8, 4) is 11.5 Å². The number of hydrogen-bond acceptors (Lipinski definition) is 4. The van der Waals surface area contributed by atoms with Crippen LogP contribution < -0.4 is 15.2 Å². The Morgan fingerprint density at radius 1 is 1.30 bits per heavy atom. The van der Waals surface area contributed by atoms with Crippen molar-refractivity contribution in [2.24, 2.45) is 5.73 Å². The topological polar surface area (TPSA) is 57.6 Å². The number of ether oxygens (including phenoxy) is 2. The summed E-state index contributed by atoms with van der Waals surface area (Å²) in [7, 11) is 0. The third-order valence-electron chi connectivity index (χ3n) is 3.40. The Morgan fingerprint density at radius 3 is 2.85 bits per heavy atom. The highest BCUT2D eigenvalue weighted by molar-refractivity contribution is 5.50. The van der Waals surface area contributed by atoms with Crippen LogP contribution in [0, 0.1) is 0 Å². The van der Waals surface area contributed by atoms with Crippen molar-refractivity contribution in [1.29, 1.82) is 0 Å². The van der Waals surface area contributed by atoms with Crippen LogP contribution in [0.15, 0.2) is 41.0 Å². The minimum absolute atomic E-state index is 0.190. The second kappa shape index (κ2) is 4.87. The molecule has 3 rings (SSSR count). The molecule has 2 N–H and O–H groups in total. The summed E-state index contributed by atoms with van der Waals surface area (Å²) in [5.74, 6) is 2.27. The van der Waals surface area contributed by atoms with Crippen LogP contribution in [0.5, 0.6) is 11.5 Å². The third-order valence-corrected chi connectivity index (χ3v) is 3.40. The van der Waals surface area contributed by atoms with Crippen molar-refractivity contribution in [2.75, 3.05) is 6.54 Å². The first-order chi connectivity index (χ1) is 9.59. The van der Waals surface area contributed by atoms with Gasteiger partial charge in [-0.3, -0.25) is 0 Å². The zero-order chi connectivity index (χ0) is 14.2. The lowest BCUT2D eigenvalue weighted by Crippen LogP contribution is -2.25. The van der Waals surface area contributed by atoms with E-state index in [0.29, 0.717) is 6.54 Å². The standard InChI is InChI=1S/C16H19NO3/c1-16(2)9-11-5-3-6-13(15(11)20-16)19-14(10-17)12-7-4-8-18-12/h3-8,14H,9-10,17H2,1-2H3. The first kappa shape index (κ1) is 13.1. The van der Waals surface area contributed by atoms with Crippen LogP contribution in [0.25, 0.3) is 0 Å². The Morgan fingerprint density at radius 2 is 2.15 bits per heavy atom.